The van der Waals surface area contributed by atoms with Gasteiger partial charge in [-0.2, -0.15) is 0 Å². The zero-order valence-electron chi connectivity index (χ0n) is 16.4. The molecule has 1 saturated heterocycles. The Hall–Kier alpha value is -2.83. The highest BCUT2D eigenvalue weighted by Gasteiger charge is 2.29. The molecule has 1 aliphatic rings. The summed E-state index contributed by atoms with van der Waals surface area (Å²) in [6, 6.07) is 6.06. The highest BCUT2D eigenvalue weighted by molar-refractivity contribution is 5.92. The van der Waals surface area contributed by atoms with Crippen molar-refractivity contribution in [3.8, 4) is 0 Å². The molecule has 0 bridgehead atoms. The number of carboxylic acid groups (broad SMARTS) is 1. The summed E-state index contributed by atoms with van der Waals surface area (Å²) >= 11 is 0. The number of likely N-dealkylation sites (tertiary alicyclic amines) is 1. The highest BCUT2D eigenvalue weighted by Crippen LogP contribution is 2.23. The minimum absolute atomic E-state index is 0.0340. The van der Waals surface area contributed by atoms with E-state index in [0.717, 1.165) is 22.9 Å². The largest absolute Gasteiger partial charge is 0.481 e. The van der Waals surface area contributed by atoms with Crippen LogP contribution in [0.5, 0.6) is 0 Å². The Balaban J connectivity index is 1.62. The van der Waals surface area contributed by atoms with Crippen LogP contribution in [0.4, 0.5) is 0 Å². The van der Waals surface area contributed by atoms with Crippen molar-refractivity contribution in [1.82, 2.24) is 14.8 Å². The number of piperidine rings is 1. The number of nitrogens with zero attached hydrogens (tertiary/aromatic N) is 2. The quantitative estimate of drug-likeness (QED) is 0.796. The van der Waals surface area contributed by atoms with Gasteiger partial charge in [-0.15, -0.1) is 0 Å². The van der Waals surface area contributed by atoms with Crippen LogP contribution < -0.4 is 0 Å². The second-order valence-corrected chi connectivity index (χ2v) is 7.45. The highest BCUT2D eigenvalue weighted by atomic mass is 16.4. The summed E-state index contributed by atoms with van der Waals surface area (Å²) < 4.78 is 0. The first kappa shape index (κ1) is 19.9. The average Bonchev–Trinajstić information content (AvgIpc) is 3.10. The van der Waals surface area contributed by atoms with E-state index >= 15 is 0 Å². The minimum atomic E-state index is -0.868. The molecule has 0 aliphatic carbocycles. The van der Waals surface area contributed by atoms with E-state index < -0.39 is 11.9 Å². The number of para-hydroxylation sites is 1. The van der Waals surface area contributed by atoms with E-state index in [1.165, 1.54) is 10.5 Å². The third-order valence-corrected chi connectivity index (χ3v) is 5.53. The molecule has 1 aliphatic heterocycles. The van der Waals surface area contributed by atoms with Crippen LogP contribution in [0.2, 0.25) is 0 Å². The second kappa shape index (κ2) is 8.46. The molecule has 2 N–H and O–H groups in total. The zero-order chi connectivity index (χ0) is 20.3. The van der Waals surface area contributed by atoms with Crippen LogP contribution in [0.3, 0.4) is 0 Å². The van der Waals surface area contributed by atoms with E-state index in [1.54, 1.807) is 11.9 Å². The minimum Gasteiger partial charge on any atom is -0.481 e. The summed E-state index contributed by atoms with van der Waals surface area (Å²) in [4.78, 5) is 42.6. The van der Waals surface area contributed by atoms with Gasteiger partial charge in [-0.25, -0.2) is 0 Å². The number of amides is 2. The molecule has 1 unspecified atom stereocenters. The third-order valence-electron chi connectivity index (χ3n) is 5.53. The molecule has 28 heavy (non-hydrogen) atoms. The summed E-state index contributed by atoms with van der Waals surface area (Å²) in [7, 11) is 1.62. The molecule has 7 nitrogen and oxygen atoms in total. The predicted octanol–water partition coefficient (Wildman–Crippen LogP) is 2.05. The number of aliphatic carboxylic acids is 1. The van der Waals surface area contributed by atoms with Gasteiger partial charge in [0.2, 0.25) is 11.8 Å². The van der Waals surface area contributed by atoms with Gasteiger partial charge in [0.1, 0.15) is 0 Å². The van der Waals surface area contributed by atoms with Crippen LogP contribution >= 0.6 is 0 Å². The molecule has 2 heterocycles. The molecule has 3 rings (SSSR count). The van der Waals surface area contributed by atoms with Crippen LogP contribution in [0.25, 0.3) is 10.9 Å². The van der Waals surface area contributed by atoms with Gasteiger partial charge in [0.05, 0.1) is 18.9 Å². The summed E-state index contributed by atoms with van der Waals surface area (Å²) in [5.41, 5.74) is 3.18. The van der Waals surface area contributed by atoms with Gasteiger partial charge in [0.15, 0.2) is 0 Å². The second-order valence-electron chi connectivity index (χ2n) is 7.45. The van der Waals surface area contributed by atoms with Crippen LogP contribution in [0.15, 0.2) is 24.4 Å². The van der Waals surface area contributed by atoms with Gasteiger partial charge >= 0.3 is 5.97 Å². The van der Waals surface area contributed by atoms with E-state index in [9.17, 15) is 19.5 Å². The van der Waals surface area contributed by atoms with Crippen molar-refractivity contribution < 1.29 is 19.5 Å². The number of hydrogen-bond donors (Lipinski definition) is 2. The molecule has 150 valence electrons. The number of aromatic amines is 1. The lowest BCUT2D eigenvalue weighted by molar-refractivity contribution is -0.147. The fourth-order valence-electron chi connectivity index (χ4n) is 3.81. The number of hydrogen-bond acceptors (Lipinski definition) is 3. The Labute approximate surface area is 164 Å². The van der Waals surface area contributed by atoms with Crippen molar-refractivity contribution in [2.75, 3.05) is 26.7 Å². The normalized spacial score (nSPS) is 16.9. The van der Waals surface area contributed by atoms with Gasteiger partial charge < -0.3 is 19.9 Å². The van der Waals surface area contributed by atoms with Crippen molar-refractivity contribution in [3.05, 3.63) is 35.5 Å². The lowest BCUT2D eigenvalue weighted by atomic mass is 9.98. The molecule has 7 heteroatoms. The van der Waals surface area contributed by atoms with E-state index in [4.69, 9.17) is 0 Å². The SMILES string of the molecule is CCc1cccc2c(CC(=O)N(C)CC(=O)N3CCCC(C(=O)O)C3)c[nH]c12. The van der Waals surface area contributed by atoms with Crippen LogP contribution in [0, 0.1) is 5.92 Å². The number of aryl methyl sites for hydroxylation is 1. The molecular weight excluding hydrogens is 358 g/mol. The van der Waals surface area contributed by atoms with Gasteiger partial charge in [-0.05, 0) is 30.4 Å². The topological polar surface area (TPSA) is 93.7 Å². The van der Waals surface area contributed by atoms with Gasteiger partial charge in [-0.3, -0.25) is 14.4 Å². The molecular formula is C21H27N3O4. The number of H-pyrrole nitrogens is 1. The molecule has 1 aromatic heterocycles. The monoisotopic (exact) mass is 385 g/mol. The van der Waals surface area contributed by atoms with Crippen molar-refractivity contribution in [1.29, 1.82) is 0 Å². The van der Waals surface area contributed by atoms with Crippen LogP contribution in [-0.2, 0) is 27.2 Å². The Morgan fingerprint density at radius 3 is 2.79 bits per heavy atom. The summed E-state index contributed by atoms with van der Waals surface area (Å²) in [5, 5.41) is 10.2. The molecule has 1 aromatic carbocycles. The lowest BCUT2D eigenvalue weighted by Gasteiger charge is -2.32. The Morgan fingerprint density at radius 1 is 1.29 bits per heavy atom. The molecule has 2 amide bonds. The number of likely N-dealkylation sites (N-methyl/N-ethyl adjacent to an activating group) is 1. The van der Waals surface area contributed by atoms with Gasteiger partial charge in [0, 0.05) is 37.2 Å². The van der Waals surface area contributed by atoms with Crippen LogP contribution in [0.1, 0.15) is 30.9 Å². The zero-order valence-corrected chi connectivity index (χ0v) is 16.4. The Morgan fingerprint density at radius 2 is 2.07 bits per heavy atom. The molecule has 1 fully saturated rings. The number of carbonyl (C=O) groups excluding carboxylic acids is 2. The van der Waals surface area contributed by atoms with E-state index in [0.29, 0.717) is 19.4 Å². The number of benzene rings is 1. The van der Waals surface area contributed by atoms with Crippen molar-refractivity contribution in [2.45, 2.75) is 32.6 Å². The molecule has 0 saturated carbocycles. The van der Waals surface area contributed by atoms with Crippen molar-refractivity contribution in [3.63, 3.8) is 0 Å². The van der Waals surface area contributed by atoms with Crippen molar-refractivity contribution >= 4 is 28.7 Å². The number of rotatable bonds is 6. The van der Waals surface area contributed by atoms with E-state index in [2.05, 4.69) is 18.0 Å². The molecule has 1 atom stereocenters. The average molecular weight is 385 g/mol. The van der Waals surface area contributed by atoms with Gasteiger partial charge in [0.25, 0.3) is 0 Å². The van der Waals surface area contributed by atoms with Crippen molar-refractivity contribution in [2.24, 2.45) is 5.92 Å². The van der Waals surface area contributed by atoms with E-state index in [-0.39, 0.29) is 31.3 Å². The standard InChI is InChI=1S/C21H27N3O4/c1-3-14-6-4-8-17-16(11-22-20(14)17)10-18(25)23(2)13-19(26)24-9-5-7-15(12-24)21(27)28/h4,6,8,11,15,22H,3,5,7,9-10,12-13H2,1-2H3,(H,27,28). The Bertz CT molecular complexity index is 889. The fraction of sp³-hybridized carbons (Fsp3) is 0.476. The third kappa shape index (κ3) is 4.18. The number of carboxylic acids is 1. The first-order valence-electron chi connectivity index (χ1n) is 9.73. The molecule has 2 aromatic rings. The van der Waals surface area contributed by atoms with Crippen LogP contribution in [-0.4, -0.2) is 64.4 Å². The lowest BCUT2D eigenvalue weighted by Crippen LogP contribution is -2.47. The summed E-state index contributed by atoms with van der Waals surface area (Å²) in [5.74, 6) is -1.72. The first-order chi connectivity index (χ1) is 13.4. The van der Waals surface area contributed by atoms with Gasteiger partial charge in [-0.1, -0.05) is 25.1 Å². The number of carbonyl (C=O) groups is 3. The first-order valence-corrected chi connectivity index (χ1v) is 9.73. The summed E-state index contributed by atoms with van der Waals surface area (Å²) in [6.07, 6.45) is 4.25. The smallest absolute Gasteiger partial charge is 0.308 e. The maximum absolute atomic E-state index is 12.6. The Kier molecular flexibility index (Phi) is 6.02. The molecule has 0 spiro atoms. The fourth-order valence-corrected chi connectivity index (χ4v) is 3.81. The van der Waals surface area contributed by atoms with E-state index in [1.807, 2.05) is 18.3 Å². The predicted molar refractivity (Wildman–Crippen MR) is 106 cm³/mol. The number of fused-ring (bicyclic) bond motifs is 1. The number of nitrogens with one attached hydrogen (secondary N) is 1. The number of aromatic nitrogens is 1. The molecule has 0 radical (unpaired) electrons. The maximum atomic E-state index is 12.6. The maximum Gasteiger partial charge on any atom is 0.308 e. The summed E-state index contributed by atoms with van der Waals surface area (Å²) in [6.45, 7) is 2.83.